The molecule has 0 bridgehead atoms. The van der Waals surface area contributed by atoms with Gasteiger partial charge in [0.15, 0.2) is 0 Å². The molecule has 0 saturated heterocycles. The van der Waals surface area contributed by atoms with Crippen LogP contribution in [0.4, 0.5) is 4.39 Å². The Bertz CT molecular complexity index is 281. The Hall–Kier alpha value is -0.580. The van der Waals surface area contributed by atoms with Crippen LogP contribution in [0.25, 0.3) is 0 Å². The molecule has 78 valence electrons. The maximum atomic E-state index is 13.1. The highest BCUT2D eigenvalue weighted by Gasteiger charge is 2.06. The zero-order valence-corrected chi connectivity index (χ0v) is 8.76. The van der Waals surface area contributed by atoms with E-state index < -0.39 is 6.10 Å². The summed E-state index contributed by atoms with van der Waals surface area (Å²) in [6.45, 7) is 0.279. The molecule has 0 radical (unpaired) electrons. The molecule has 1 unspecified atom stereocenters. The Morgan fingerprint density at radius 2 is 2.21 bits per heavy atom. The standard InChI is InChI=1S/C10H13FO2S/c1-13-6-8(12)7-14-10-5-3-2-4-9(10)11/h2-5,8,12H,6-7H2,1H3. The number of hydrogen-bond donors (Lipinski definition) is 1. The molecule has 1 atom stereocenters. The van der Waals surface area contributed by atoms with Gasteiger partial charge in [-0.15, -0.1) is 11.8 Å². The van der Waals surface area contributed by atoms with E-state index in [-0.39, 0.29) is 12.4 Å². The van der Waals surface area contributed by atoms with Gasteiger partial charge in [-0.1, -0.05) is 12.1 Å². The van der Waals surface area contributed by atoms with Gasteiger partial charge in [0.2, 0.25) is 0 Å². The van der Waals surface area contributed by atoms with Gasteiger partial charge in [0.25, 0.3) is 0 Å². The summed E-state index contributed by atoms with van der Waals surface area (Å²) in [5, 5.41) is 9.33. The van der Waals surface area contributed by atoms with Crippen molar-refractivity contribution in [3.05, 3.63) is 30.1 Å². The Morgan fingerprint density at radius 3 is 2.86 bits per heavy atom. The molecule has 0 aliphatic heterocycles. The van der Waals surface area contributed by atoms with Gasteiger partial charge in [0.1, 0.15) is 5.82 Å². The summed E-state index contributed by atoms with van der Waals surface area (Å²) in [6, 6.07) is 6.52. The van der Waals surface area contributed by atoms with Gasteiger partial charge in [-0.25, -0.2) is 4.39 Å². The molecular weight excluding hydrogens is 203 g/mol. The Kier molecular flexibility index (Phi) is 4.93. The predicted octanol–water partition coefficient (Wildman–Crippen LogP) is 1.93. The zero-order valence-electron chi connectivity index (χ0n) is 7.94. The van der Waals surface area contributed by atoms with E-state index in [1.807, 2.05) is 0 Å². The number of methoxy groups -OCH3 is 1. The van der Waals surface area contributed by atoms with Crippen molar-refractivity contribution in [1.29, 1.82) is 0 Å². The highest BCUT2D eigenvalue weighted by molar-refractivity contribution is 7.99. The molecule has 0 aromatic heterocycles. The minimum atomic E-state index is -0.551. The van der Waals surface area contributed by atoms with Gasteiger partial charge in [-0.05, 0) is 12.1 Å². The summed E-state index contributed by atoms with van der Waals surface area (Å²) < 4.78 is 17.9. The lowest BCUT2D eigenvalue weighted by molar-refractivity contribution is 0.0794. The number of aliphatic hydroxyl groups is 1. The summed E-state index contributed by atoms with van der Waals surface area (Å²) in [6.07, 6.45) is -0.551. The van der Waals surface area contributed by atoms with Crippen LogP contribution in [0.15, 0.2) is 29.2 Å². The van der Waals surface area contributed by atoms with Crippen molar-refractivity contribution < 1.29 is 14.2 Å². The summed E-state index contributed by atoms with van der Waals surface area (Å²) in [7, 11) is 1.52. The normalized spacial score (nSPS) is 12.8. The minimum Gasteiger partial charge on any atom is -0.390 e. The van der Waals surface area contributed by atoms with Crippen molar-refractivity contribution in [2.45, 2.75) is 11.0 Å². The van der Waals surface area contributed by atoms with Crippen LogP contribution in [0.2, 0.25) is 0 Å². The number of aliphatic hydroxyl groups excluding tert-OH is 1. The van der Waals surface area contributed by atoms with E-state index in [2.05, 4.69) is 0 Å². The first kappa shape index (κ1) is 11.5. The lowest BCUT2D eigenvalue weighted by Gasteiger charge is -2.08. The van der Waals surface area contributed by atoms with E-state index in [0.29, 0.717) is 10.6 Å². The number of hydrogen-bond acceptors (Lipinski definition) is 3. The summed E-state index contributed by atoms with van der Waals surface area (Å²) >= 11 is 1.29. The predicted molar refractivity (Wildman–Crippen MR) is 55.0 cm³/mol. The van der Waals surface area contributed by atoms with Gasteiger partial charge >= 0.3 is 0 Å². The summed E-state index contributed by atoms with van der Waals surface area (Å²) in [4.78, 5) is 0.558. The molecule has 0 heterocycles. The van der Waals surface area contributed by atoms with Crippen LogP contribution in [0.1, 0.15) is 0 Å². The van der Waals surface area contributed by atoms with Crippen molar-refractivity contribution in [2.75, 3.05) is 19.5 Å². The quantitative estimate of drug-likeness (QED) is 0.763. The van der Waals surface area contributed by atoms with Crippen LogP contribution in [0.3, 0.4) is 0 Å². The molecule has 0 amide bonds. The number of halogens is 1. The number of rotatable bonds is 5. The zero-order chi connectivity index (χ0) is 10.4. The largest absolute Gasteiger partial charge is 0.390 e. The Morgan fingerprint density at radius 1 is 1.50 bits per heavy atom. The molecule has 0 aliphatic rings. The Balaban J connectivity index is 2.41. The molecule has 1 aromatic carbocycles. The maximum absolute atomic E-state index is 13.1. The van der Waals surface area contributed by atoms with Crippen LogP contribution in [-0.2, 0) is 4.74 Å². The minimum absolute atomic E-state index is 0.248. The van der Waals surface area contributed by atoms with Gasteiger partial charge in [0, 0.05) is 17.8 Å². The molecule has 4 heteroatoms. The maximum Gasteiger partial charge on any atom is 0.136 e. The van der Waals surface area contributed by atoms with E-state index in [0.717, 1.165) is 0 Å². The molecule has 1 N–H and O–H groups in total. The number of thioether (sulfide) groups is 1. The SMILES string of the molecule is COCC(O)CSc1ccccc1F. The monoisotopic (exact) mass is 216 g/mol. The fraction of sp³-hybridized carbons (Fsp3) is 0.400. The third-order valence-corrected chi connectivity index (χ3v) is 2.82. The first-order valence-electron chi connectivity index (χ1n) is 4.28. The molecule has 1 rings (SSSR count). The first-order valence-corrected chi connectivity index (χ1v) is 5.27. The Labute approximate surface area is 87.1 Å². The van der Waals surface area contributed by atoms with Crippen molar-refractivity contribution in [3.8, 4) is 0 Å². The third kappa shape index (κ3) is 3.65. The van der Waals surface area contributed by atoms with Crippen LogP contribution < -0.4 is 0 Å². The van der Waals surface area contributed by atoms with Gasteiger partial charge < -0.3 is 9.84 Å². The van der Waals surface area contributed by atoms with Crippen LogP contribution in [0, 0.1) is 5.82 Å². The fourth-order valence-electron chi connectivity index (χ4n) is 0.988. The van der Waals surface area contributed by atoms with Gasteiger partial charge in [-0.2, -0.15) is 0 Å². The molecule has 2 nitrogen and oxygen atoms in total. The van der Waals surface area contributed by atoms with Crippen LogP contribution in [-0.4, -0.2) is 30.7 Å². The summed E-state index contributed by atoms with van der Waals surface area (Å²) in [5.41, 5.74) is 0. The summed E-state index contributed by atoms with van der Waals surface area (Å²) in [5.74, 6) is 0.191. The van der Waals surface area contributed by atoms with E-state index in [4.69, 9.17) is 4.74 Å². The highest BCUT2D eigenvalue weighted by Crippen LogP contribution is 2.21. The van der Waals surface area contributed by atoms with Gasteiger partial charge in [-0.3, -0.25) is 0 Å². The number of ether oxygens (including phenoxy) is 1. The van der Waals surface area contributed by atoms with E-state index >= 15 is 0 Å². The van der Waals surface area contributed by atoms with Crippen molar-refractivity contribution in [2.24, 2.45) is 0 Å². The molecule has 1 aromatic rings. The topological polar surface area (TPSA) is 29.5 Å². The van der Waals surface area contributed by atoms with Gasteiger partial charge in [0.05, 0.1) is 12.7 Å². The second kappa shape index (κ2) is 6.01. The average Bonchev–Trinajstić information content (AvgIpc) is 2.17. The van der Waals surface area contributed by atoms with E-state index in [9.17, 15) is 9.50 Å². The average molecular weight is 216 g/mol. The van der Waals surface area contributed by atoms with Crippen LogP contribution in [0.5, 0.6) is 0 Å². The second-order valence-corrected chi connectivity index (χ2v) is 3.91. The van der Waals surface area contributed by atoms with Crippen LogP contribution >= 0.6 is 11.8 Å². The molecular formula is C10H13FO2S. The first-order chi connectivity index (χ1) is 6.74. The van der Waals surface area contributed by atoms with E-state index in [1.54, 1.807) is 18.2 Å². The second-order valence-electron chi connectivity index (χ2n) is 2.85. The van der Waals surface area contributed by atoms with Crippen molar-refractivity contribution >= 4 is 11.8 Å². The van der Waals surface area contributed by atoms with E-state index in [1.165, 1.54) is 24.9 Å². The fourth-order valence-corrected chi connectivity index (χ4v) is 1.84. The lowest BCUT2D eigenvalue weighted by atomic mass is 10.3. The molecule has 0 saturated carbocycles. The highest BCUT2D eigenvalue weighted by atomic mass is 32.2. The molecule has 0 aliphatic carbocycles. The third-order valence-electron chi connectivity index (χ3n) is 1.63. The molecule has 0 spiro atoms. The molecule has 0 fully saturated rings. The lowest BCUT2D eigenvalue weighted by Crippen LogP contribution is -2.16. The smallest absolute Gasteiger partial charge is 0.136 e. The number of benzene rings is 1. The molecule has 14 heavy (non-hydrogen) atoms. The van der Waals surface area contributed by atoms with Crippen molar-refractivity contribution in [1.82, 2.24) is 0 Å². The van der Waals surface area contributed by atoms with Crippen molar-refractivity contribution in [3.63, 3.8) is 0 Å².